The van der Waals surface area contributed by atoms with Crippen molar-refractivity contribution in [2.24, 2.45) is 0 Å². The molecule has 5 nitrogen and oxygen atoms in total. The van der Waals surface area contributed by atoms with E-state index in [2.05, 4.69) is 29.4 Å². The molecule has 6 heteroatoms. The van der Waals surface area contributed by atoms with Crippen LogP contribution in [0, 0.1) is 0 Å². The number of aromatic nitrogens is 4. The second kappa shape index (κ2) is 6.36. The maximum atomic E-state index is 12.2. The van der Waals surface area contributed by atoms with Gasteiger partial charge in [0, 0.05) is 18.4 Å². The summed E-state index contributed by atoms with van der Waals surface area (Å²) in [5.74, 6) is 0. The van der Waals surface area contributed by atoms with Gasteiger partial charge in [-0.1, -0.05) is 6.92 Å². The molecule has 0 fully saturated rings. The third-order valence-electron chi connectivity index (χ3n) is 3.18. The van der Waals surface area contributed by atoms with E-state index in [0.29, 0.717) is 19.1 Å². The summed E-state index contributed by atoms with van der Waals surface area (Å²) in [6, 6.07) is 2.39. The molecule has 2 heterocycles. The van der Waals surface area contributed by atoms with Crippen molar-refractivity contribution in [3.05, 3.63) is 30.4 Å². The molecule has 2 aromatic rings. The van der Waals surface area contributed by atoms with E-state index in [1.807, 2.05) is 23.1 Å². The summed E-state index contributed by atoms with van der Waals surface area (Å²) in [5.41, 5.74) is 2.03. The maximum Gasteiger partial charge on any atom is 0.109 e. The highest BCUT2D eigenvalue weighted by Crippen LogP contribution is 2.14. The number of nitrogens with one attached hydrogen (secondary N) is 1. The van der Waals surface area contributed by atoms with Gasteiger partial charge in [0.15, 0.2) is 0 Å². The van der Waals surface area contributed by atoms with Crippen molar-refractivity contribution < 1.29 is 4.39 Å². The highest BCUT2D eigenvalue weighted by Gasteiger charge is 2.08. The van der Waals surface area contributed by atoms with Crippen LogP contribution in [0.4, 0.5) is 10.1 Å². The van der Waals surface area contributed by atoms with E-state index in [4.69, 9.17) is 0 Å². The molecular formula is C13H20FN5. The summed E-state index contributed by atoms with van der Waals surface area (Å²) in [6.07, 6.45) is 6.38. The lowest BCUT2D eigenvalue weighted by molar-refractivity contribution is 0.427. The number of nitrogens with zero attached hydrogens (tertiary/aromatic N) is 4. The predicted octanol–water partition coefficient (Wildman–Crippen LogP) is 2.63. The van der Waals surface area contributed by atoms with E-state index >= 15 is 0 Å². The fraction of sp³-hybridized carbons (Fsp3) is 0.538. The summed E-state index contributed by atoms with van der Waals surface area (Å²) < 4.78 is 15.8. The average Bonchev–Trinajstić information content (AvgIpc) is 3.04. The van der Waals surface area contributed by atoms with Crippen LogP contribution < -0.4 is 5.32 Å². The lowest BCUT2D eigenvalue weighted by atomic mass is 10.2. The van der Waals surface area contributed by atoms with E-state index in [-0.39, 0.29) is 0 Å². The molecule has 1 N–H and O–H groups in total. The number of halogens is 1. The van der Waals surface area contributed by atoms with Crippen molar-refractivity contribution in [2.75, 3.05) is 12.0 Å². The van der Waals surface area contributed by atoms with Crippen molar-refractivity contribution in [3.8, 4) is 0 Å². The Labute approximate surface area is 112 Å². The van der Waals surface area contributed by atoms with E-state index in [1.54, 1.807) is 10.9 Å². The topological polar surface area (TPSA) is 47.7 Å². The van der Waals surface area contributed by atoms with Gasteiger partial charge in [-0.3, -0.25) is 9.36 Å². The van der Waals surface area contributed by atoms with E-state index in [0.717, 1.165) is 17.8 Å². The molecule has 0 saturated heterocycles. The molecule has 19 heavy (non-hydrogen) atoms. The van der Waals surface area contributed by atoms with Gasteiger partial charge in [0.2, 0.25) is 0 Å². The van der Waals surface area contributed by atoms with Gasteiger partial charge in [-0.05, 0) is 19.4 Å². The first-order chi connectivity index (χ1) is 9.24. The van der Waals surface area contributed by atoms with Crippen LogP contribution in [0.5, 0.6) is 0 Å². The van der Waals surface area contributed by atoms with Crippen LogP contribution in [0.25, 0.3) is 0 Å². The normalized spacial score (nSPS) is 12.6. The molecule has 2 aromatic heterocycles. The highest BCUT2D eigenvalue weighted by molar-refractivity contribution is 5.38. The number of aryl methyl sites for hydroxylation is 1. The van der Waals surface area contributed by atoms with Gasteiger partial charge >= 0.3 is 0 Å². The zero-order chi connectivity index (χ0) is 13.7. The van der Waals surface area contributed by atoms with Crippen LogP contribution >= 0.6 is 0 Å². The Bertz CT molecular complexity index is 505. The smallest absolute Gasteiger partial charge is 0.109 e. The summed E-state index contributed by atoms with van der Waals surface area (Å²) in [4.78, 5) is 0. The first-order valence-electron chi connectivity index (χ1n) is 6.59. The van der Waals surface area contributed by atoms with Crippen molar-refractivity contribution >= 4 is 5.69 Å². The maximum absolute atomic E-state index is 12.2. The SMILES string of the molecule is CCC(C)n1nccc1CNc1cnn(CCF)c1. The Kier molecular flexibility index (Phi) is 4.54. The highest BCUT2D eigenvalue weighted by atomic mass is 19.1. The third-order valence-corrected chi connectivity index (χ3v) is 3.18. The Morgan fingerprint density at radius 2 is 2.26 bits per heavy atom. The average molecular weight is 265 g/mol. The van der Waals surface area contributed by atoms with Crippen LogP contribution in [0.15, 0.2) is 24.7 Å². The van der Waals surface area contributed by atoms with E-state index in [9.17, 15) is 4.39 Å². The molecule has 1 atom stereocenters. The number of hydrogen-bond donors (Lipinski definition) is 1. The van der Waals surface area contributed by atoms with E-state index < -0.39 is 6.67 Å². The Morgan fingerprint density at radius 1 is 1.42 bits per heavy atom. The molecule has 0 saturated carbocycles. The fourth-order valence-electron chi connectivity index (χ4n) is 1.91. The quantitative estimate of drug-likeness (QED) is 0.837. The minimum Gasteiger partial charge on any atom is -0.377 e. The monoisotopic (exact) mass is 265 g/mol. The predicted molar refractivity (Wildman–Crippen MR) is 72.8 cm³/mol. The molecule has 104 valence electrons. The van der Waals surface area contributed by atoms with Gasteiger partial charge in [-0.2, -0.15) is 10.2 Å². The zero-order valence-corrected chi connectivity index (χ0v) is 11.4. The molecule has 0 amide bonds. The first-order valence-corrected chi connectivity index (χ1v) is 6.59. The van der Waals surface area contributed by atoms with Crippen LogP contribution in [0.3, 0.4) is 0 Å². The summed E-state index contributed by atoms with van der Waals surface area (Å²) in [7, 11) is 0. The third kappa shape index (κ3) is 3.33. The fourth-order valence-corrected chi connectivity index (χ4v) is 1.91. The molecule has 0 spiro atoms. The second-order valence-corrected chi connectivity index (χ2v) is 4.56. The molecule has 0 radical (unpaired) electrons. The lowest BCUT2D eigenvalue weighted by Crippen LogP contribution is -2.12. The van der Waals surface area contributed by atoms with Gasteiger partial charge in [0.05, 0.1) is 30.7 Å². The molecule has 0 aliphatic carbocycles. The summed E-state index contributed by atoms with van der Waals surface area (Å²) in [5, 5.41) is 11.7. The summed E-state index contributed by atoms with van der Waals surface area (Å²) >= 11 is 0. The van der Waals surface area contributed by atoms with E-state index in [1.165, 1.54) is 0 Å². The number of rotatable bonds is 7. The molecule has 1 unspecified atom stereocenters. The van der Waals surface area contributed by atoms with Crippen molar-refractivity contribution in [3.63, 3.8) is 0 Å². The van der Waals surface area contributed by atoms with Gasteiger partial charge < -0.3 is 5.32 Å². The number of alkyl halides is 1. The Morgan fingerprint density at radius 3 is 3.00 bits per heavy atom. The molecule has 2 rings (SSSR count). The number of hydrogen-bond acceptors (Lipinski definition) is 3. The first kappa shape index (κ1) is 13.6. The molecule has 0 aliphatic rings. The molecule has 0 aliphatic heterocycles. The molecular weight excluding hydrogens is 245 g/mol. The van der Waals surface area contributed by atoms with Crippen LogP contribution in [-0.2, 0) is 13.1 Å². The lowest BCUT2D eigenvalue weighted by Gasteiger charge is -2.14. The van der Waals surface area contributed by atoms with Gasteiger partial charge in [-0.15, -0.1) is 0 Å². The zero-order valence-electron chi connectivity index (χ0n) is 11.4. The van der Waals surface area contributed by atoms with Crippen LogP contribution in [0.2, 0.25) is 0 Å². The van der Waals surface area contributed by atoms with Gasteiger partial charge in [0.25, 0.3) is 0 Å². The Hall–Kier alpha value is -1.85. The Balaban J connectivity index is 1.96. The van der Waals surface area contributed by atoms with Crippen molar-refractivity contribution in [2.45, 2.75) is 39.4 Å². The van der Waals surface area contributed by atoms with Gasteiger partial charge in [0.1, 0.15) is 6.67 Å². The molecule has 0 bridgehead atoms. The van der Waals surface area contributed by atoms with Gasteiger partial charge in [-0.25, -0.2) is 4.39 Å². The van der Waals surface area contributed by atoms with Crippen molar-refractivity contribution in [1.82, 2.24) is 19.6 Å². The largest absolute Gasteiger partial charge is 0.377 e. The minimum atomic E-state index is -0.401. The standard InChI is InChI=1S/C13H20FN5/c1-3-11(2)19-13(4-6-16-19)9-15-12-8-17-18(10-12)7-5-14/h4,6,8,10-11,15H,3,5,7,9H2,1-2H3. The molecule has 0 aromatic carbocycles. The minimum absolute atomic E-state index is 0.298. The van der Waals surface area contributed by atoms with Crippen LogP contribution in [-0.4, -0.2) is 26.2 Å². The summed E-state index contributed by atoms with van der Waals surface area (Å²) in [6.45, 7) is 4.88. The van der Waals surface area contributed by atoms with Crippen molar-refractivity contribution in [1.29, 1.82) is 0 Å². The second-order valence-electron chi connectivity index (χ2n) is 4.56. The number of anilines is 1. The van der Waals surface area contributed by atoms with Crippen LogP contribution in [0.1, 0.15) is 32.0 Å².